The lowest BCUT2D eigenvalue weighted by Gasteiger charge is -2.43. The number of aliphatic hydroxyl groups excluding tert-OH is 2. The van der Waals surface area contributed by atoms with Crippen LogP contribution in [0.1, 0.15) is 89.4 Å². The molecular formula is C51H66N4O12. The van der Waals surface area contributed by atoms with Gasteiger partial charge in [0.25, 0.3) is 11.7 Å². The first-order valence-electron chi connectivity index (χ1n) is 22.8. The molecule has 11 atom stereocenters. The fourth-order valence-corrected chi connectivity index (χ4v) is 9.54. The average molecular weight is 927 g/mol. The van der Waals surface area contributed by atoms with Gasteiger partial charge in [0.1, 0.15) is 23.4 Å². The van der Waals surface area contributed by atoms with Crippen molar-refractivity contribution in [1.29, 1.82) is 0 Å². The van der Waals surface area contributed by atoms with Gasteiger partial charge in [-0.25, -0.2) is 0 Å². The van der Waals surface area contributed by atoms with Crippen molar-refractivity contribution in [2.75, 3.05) is 25.5 Å². The maximum atomic E-state index is 14.6. The molecule has 1 amide bonds. The van der Waals surface area contributed by atoms with E-state index >= 15 is 0 Å². The highest BCUT2D eigenvalue weighted by molar-refractivity contribution is 6.23. The molecule has 1 fully saturated rings. The number of Topliss-reactive ketones (excluding diaryl/α,β-unsaturated/α-hetero) is 1. The van der Waals surface area contributed by atoms with Crippen LogP contribution < -0.4 is 10.1 Å². The summed E-state index contributed by atoms with van der Waals surface area (Å²) >= 11 is 0. The van der Waals surface area contributed by atoms with Crippen LogP contribution in [0, 0.1) is 30.6 Å². The Morgan fingerprint density at radius 2 is 1.57 bits per heavy atom. The lowest BCUT2D eigenvalue weighted by atomic mass is 9.78. The third-order valence-electron chi connectivity index (χ3n) is 13.7. The van der Waals surface area contributed by atoms with Gasteiger partial charge in [-0.15, -0.1) is 0 Å². The number of hydrogen-bond donors (Lipinski definition) is 6. The molecule has 16 nitrogen and oxygen atoms in total. The monoisotopic (exact) mass is 926 g/mol. The van der Waals surface area contributed by atoms with E-state index < -0.39 is 88.8 Å². The summed E-state index contributed by atoms with van der Waals surface area (Å²) in [6.07, 6.45) is 4.88. The molecule has 0 saturated carbocycles. The van der Waals surface area contributed by atoms with E-state index in [4.69, 9.17) is 24.0 Å². The lowest BCUT2D eigenvalue weighted by Crippen LogP contribution is -2.54. The van der Waals surface area contributed by atoms with Crippen LogP contribution in [0.5, 0.6) is 23.0 Å². The van der Waals surface area contributed by atoms with Crippen LogP contribution >= 0.6 is 0 Å². The Morgan fingerprint density at radius 3 is 2.19 bits per heavy atom. The third kappa shape index (κ3) is 10.2. The number of ketones is 1. The number of allylic oxidation sites excluding steroid dienone is 2. The number of piperazine rings is 1. The quantitative estimate of drug-likeness (QED) is 0.0658. The highest BCUT2D eigenvalue weighted by Gasteiger charge is 2.50. The SMILES string of the molecule is CO[C@@H]1C=CO[C@@]2(C)Oc3c(C)c(O)c4c(O)c(c(C=NN5C[C@@H](C)N(Cc6ccccc6)[C@@H](C)C5)c(O)c4c3C2=O)NC(=O)C(C)=CC=C[C@H](C)[C@H](O)[C@H](C)[C@H](O)[C@H](C)[C@@H](OC(C)=O)[C@H]1C. The number of aromatic hydroxyl groups is 3. The fourth-order valence-electron chi connectivity index (χ4n) is 9.54. The van der Waals surface area contributed by atoms with E-state index in [2.05, 4.69) is 36.2 Å². The Labute approximate surface area is 392 Å². The van der Waals surface area contributed by atoms with Gasteiger partial charge in [0.2, 0.25) is 0 Å². The van der Waals surface area contributed by atoms with Gasteiger partial charge in [-0.2, -0.15) is 5.10 Å². The number of carbonyl (C=O) groups excluding carboxylic acids is 3. The maximum Gasteiger partial charge on any atom is 0.312 e. The summed E-state index contributed by atoms with van der Waals surface area (Å²) in [7, 11) is 1.44. The van der Waals surface area contributed by atoms with Gasteiger partial charge in [-0.1, -0.05) is 76.3 Å². The number of phenols is 3. The van der Waals surface area contributed by atoms with E-state index in [9.17, 15) is 39.9 Å². The molecule has 362 valence electrons. The Bertz CT molecular complexity index is 2460. The minimum absolute atomic E-state index is 0.0503. The van der Waals surface area contributed by atoms with Crippen LogP contribution in [-0.2, 0) is 30.3 Å². The van der Waals surface area contributed by atoms with Crippen molar-refractivity contribution in [2.24, 2.45) is 28.8 Å². The molecule has 6 N–H and O–H groups in total. The van der Waals surface area contributed by atoms with E-state index in [1.54, 1.807) is 39.8 Å². The molecule has 67 heavy (non-hydrogen) atoms. The number of hydrazone groups is 1. The van der Waals surface area contributed by atoms with Gasteiger partial charge in [-0.3, -0.25) is 24.3 Å². The van der Waals surface area contributed by atoms with E-state index in [0.717, 1.165) is 6.54 Å². The molecule has 0 aliphatic carbocycles. The smallest absolute Gasteiger partial charge is 0.312 e. The highest BCUT2D eigenvalue weighted by atomic mass is 16.7. The van der Waals surface area contributed by atoms with Crippen molar-refractivity contribution in [2.45, 2.75) is 118 Å². The number of methoxy groups -OCH3 is 1. The number of nitrogens with one attached hydrogen (secondary N) is 1. The van der Waals surface area contributed by atoms with Crippen molar-refractivity contribution < 1.29 is 58.9 Å². The van der Waals surface area contributed by atoms with Gasteiger partial charge in [0.15, 0.2) is 5.75 Å². The molecule has 0 radical (unpaired) electrons. The number of benzene rings is 3. The molecule has 4 heterocycles. The molecule has 3 aromatic rings. The average Bonchev–Trinajstić information content (AvgIpc) is 3.55. The predicted octanol–water partition coefficient (Wildman–Crippen LogP) is 6.68. The highest BCUT2D eigenvalue weighted by Crippen LogP contribution is 2.55. The fraction of sp³-hybridized carbons (Fsp3) is 0.490. The third-order valence-corrected chi connectivity index (χ3v) is 13.7. The second-order valence-corrected chi connectivity index (χ2v) is 18.6. The summed E-state index contributed by atoms with van der Waals surface area (Å²) in [5, 5.41) is 68.0. The van der Waals surface area contributed by atoms with Crippen molar-refractivity contribution in [3.05, 3.63) is 88.7 Å². The summed E-state index contributed by atoms with van der Waals surface area (Å²) < 4.78 is 23.8. The summed E-state index contributed by atoms with van der Waals surface area (Å²) in [6.45, 7) is 18.5. The zero-order chi connectivity index (χ0) is 49.2. The Morgan fingerprint density at radius 1 is 0.910 bits per heavy atom. The normalized spacial score (nSPS) is 30.1. The Kier molecular flexibility index (Phi) is 15.5. The number of esters is 1. The summed E-state index contributed by atoms with van der Waals surface area (Å²) in [4.78, 5) is 43.4. The van der Waals surface area contributed by atoms with Crippen LogP contribution in [0.25, 0.3) is 10.8 Å². The summed E-state index contributed by atoms with van der Waals surface area (Å²) in [5.74, 6) is -8.45. The second kappa shape index (κ2) is 20.5. The number of amides is 1. The van der Waals surface area contributed by atoms with Gasteiger partial charge < -0.3 is 49.8 Å². The minimum atomic E-state index is -2.06. The van der Waals surface area contributed by atoms with Crippen LogP contribution in [0.4, 0.5) is 5.69 Å². The maximum absolute atomic E-state index is 14.6. The number of aliphatic hydroxyl groups is 2. The van der Waals surface area contributed by atoms with Crippen LogP contribution in [0.3, 0.4) is 0 Å². The van der Waals surface area contributed by atoms with E-state index in [1.165, 1.54) is 65.0 Å². The second-order valence-electron chi connectivity index (χ2n) is 18.6. The van der Waals surface area contributed by atoms with Crippen LogP contribution in [0.15, 0.2) is 71.6 Å². The zero-order valence-electron chi connectivity index (χ0n) is 40.2. The first-order chi connectivity index (χ1) is 31.6. The van der Waals surface area contributed by atoms with Gasteiger partial charge in [-0.05, 0) is 39.3 Å². The first kappa shape index (κ1) is 50.5. The van der Waals surface area contributed by atoms with Crippen molar-refractivity contribution in [3.8, 4) is 23.0 Å². The largest absolute Gasteiger partial charge is 0.507 e. The topological polar surface area (TPSA) is 220 Å². The number of fused-ring (bicyclic) bond motifs is 14. The molecule has 1 saturated heterocycles. The molecule has 7 rings (SSSR count). The molecular weight excluding hydrogens is 861 g/mol. The number of rotatable bonds is 6. The van der Waals surface area contributed by atoms with Crippen molar-refractivity contribution >= 4 is 40.3 Å². The molecule has 0 unspecified atom stereocenters. The molecule has 5 bridgehead atoms. The van der Waals surface area contributed by atoms with Crippen LogP contribution in [-0.4, -0.2) is 122 Å². The Hall–Kier alpha value is -5.94. The molecule has 4 aliphatic heterocycles. The number of ether oxygens (including phenoxy) is 4. The minimum Gasteiger partial charge on any atom is -0.507 e. The number of anilines is 1. The molecule has 0 spiro atoms. The molecule has 4 aliphatic rings. The number of carbonyl (C=O) groups is 3. The van der Waals surface area contributed by atoms with Crippen molar-refractivity contribution in [3.63, 3.8) is 0 Å². The predicted molar refractivity (Wildman–Crippen MR) is 254 cm³/mol. The van der Waals surface area contributed by atoms with E-state index in [0.29, 0.717) is 13.1 Å². The van der Waals surface area contributed by atoms with Gasteiger partial charge in [0, 0.05) is 79.8 Å². The number of phenolic OH excluding ortho intramolecular Hbond substituents is 3. The lowest BCUT2D eigenvalue weighted by molar-refractivity contribution is -0.160. The van der Waals surface area contributed by atoms with Crippen LogP contribution in [0.2, 0.25) is 0 Å². The first-order valence-corrected chi connectivity index (χ1v) is 22.8. The number of hydrogen-bond acceptors (Lipinski definition) is 15. The van der Waals surface area contributed by atoms with E-state index in [-0.39, 0.29) is 56.6 Å². The molecule has 3 aromatic carbocycles. The molecule has 16 heteroatoms. The van der Waals surface area contributed by atoms with Crippen molar-refractivity contribution in [1.82, 2.24) is 9.91 Å². The Balaban J connectivity index is 1.48. The number of nitrogens with zero attached hydrogens (tertiary/aromatic N) is 3. The summed E-state index contributed by atoms with van der Waals surface area (Å²) in [5.41, 5.74) is 0.787. The zero-order valence-corrected chi connectivity index (χ0v) is 40.2. The standard InChI is InChI=1S/C51H66N4O12/c1-26-16-15-17-27(2)50(63)53-41-36(22-52-54-23-28(3)55(29(4)24-54)25-35-18-13-12-14-19-35)45(60)38-39(46(41)61)44(59)33(8)48-40(38)49(62)51(10,67-48)65-21-20-37(64-11)30(5)47(66-34(9)56)32(7)43(58)31(6)42(26)57/h12-22,26,28-32,37,42-43,47,57-61H,23-25H2,1-11H3,(H,53,63)/t26-,28-,29+,30-,31-,32-,37+,42-,43-,47-,51-/m0/s1. The van der Waals surface area contributed by atoms with Gasteiger partial charge in [0.05, 0.1) is 66.1 Å². The summed E-state index contributed by atoms with van der Waals surface area (Å²) in [6, 6.07) is 10.3. The van der Waals surface area contributed by atoms with E-state index in [1.807, 2.05) is 23.2 Å². The van der Waals surface area contributed by atoms with Gasteiger partial charge >= 0.3 is 11.8 Å². The molecule has 0 aromatic heterocycles.